The molecular formula is C15H26N4. The zero-order valence-electron chi connectivity index (χ0n) is 12.4. The van der Waals surface area contributed by atoms with Crippen molar-refractivity contribution in [3.05, 3.63) is 18.0 Å². The number of hydrogen-bond acceptors (Lipinski definition) is 4. The van der Waals surface area contributed by atoms with Gasteiger partial charge in [0.05, 0.1) is 0 Å². The Kier molecular flexibility index (Phi) is 5.14. The lowest BCUT2D eigenvalue weighted by atomic mass is 9.95. The Morgan fingerprint density at radius 2 is 2.11 bits per heavy atom. The molecule has 1 aliphatic heterocycles. The summed E-state index contributed by atoms with van der Waals surface area (Å²) in [7, 11) is 2.02. The molecule has 1 aliphatic rings. The number of aromatic nitrogens is 2. The molecule has 0 amide bonds. The zero-order chi connectivity index (χ0) is 13.7. The first kappa shape index (κ1) is 14.3. The topological polar surface area (TPSA) is 41.0 Å². The van der Waals surface area contributed by atoms with Gasteiger partial charge in [-0.05, 0) is 50.3 Å². The van der Waals surface area contributed by atoms with E-state index in [-0.39, 0.29) is 0 Å². The number of nitrogens with zero attached hydrogens (tertiary/aromatic N) is 3. The van der Waals surface area contributed by atoms with Gasteiger partial charge < -0.3 is 10.2 Å². The monoisotopic (exact) mass is 262 g/mol. The van der Waals surface area contributed by atoms with Crippen LogP contribution >= 0.6 is 0 Å². The molecule has 1 aromatic heterocycles. The Morgan fingerprint density at radius 3 is 2.74 bits per heavy atom. The molecule has 1 atom stereocenters. The largest absolute Gasteiger partial charge is 0.341 e. The molecule has 2 rings (SSSR count). The lowest BCUT2D eigenvalue weighted by molar-refractivity contribution is 0.384. The van der Waals surface area contributed by atoms with Gasteiger partial charge in [-0.25, -0.2) is 9.97 Å². The Morgan fingerprint density at radius 1 is 1.37 bits per heavy atom. The molecule has 19 heavy (non-hydrogen) atoms. The SMILES string of the molecule is CNCCC1CCCN(c2ncc(C(C)C)cn2)C1. The fourth-order valence-corrected chi connectivity index (χ4v) is 2.62. The maximum absolute atomic E-state index is 4.54. The minimum Gasteiger partial charge on any atom is -0.341 e. The summed E-state index contributed by atoms with van der Waals surface area (Å²) in [5.41, 5.74) is 1.22. The van der Waals surface area contributed by atoms with Gasteiger partial charge in [0.25, 0.3) is 0 Å². The van der Waals surface area contributed by atoms with E-state index in [0.717, 1.165) is 31.5 Å². The third-order valence-corrected chi connectivity index (χ3v) is 3.93. The molecule has 1 unspecified atom stereocenters. The average molecular weight is 262 g/mol. The smallest absolute Gasteiger partial charge is 0.225 e. The minimum atomic E-state index is 0.499. The average Bonchev–Trinajstić information content (AvgIpc) is 2.45. The molecule has 106 valence electrons. The quantitative estimate of drug-likeness (QED) is 0.885. The Bertz CT molecular complexity index is 374. The molecule has 0 saturated carbocycles. The van der Waals surface area contributed by atoms with Crippen molar-refractivity contribution in [2.24, 2.45) is 5.92 Å². The molecule has 0 bridgehead atoms. The van der Waals surface area contributed by atoms with Gasteiger partial charge >= 0.3 is 0 Å². The molecule has 0 radical (unpaired) electrons. The molecule has 1 saturated heterocycles. The molecule has 4 nitrogen and oxygen atoms in total. The molecule has 1 fully saturated rings. The number of nitrogens with one attached hydrogen (secondary N) is 1. The van der Waals surface area contributed by atoms with Gasteiger partial charge in [-0.1, -0.05) is 13.8 Å². The first-order chi connectivity index (χ1) is 9.20. The summed E-state index contributed by atoms with van der Waals surface area (Å²) in [6.45, 7) is 7.64. The van der Waals surface area contributed by atoms with Crippen molar-refractivity contribution in [1.29, 1.82) is 0 Å². The number of anilines is 1. The second-order valence-corrected chi connectivity index (χ2v) is 5.82. The van der Waals surface area contributed by atoms with Crippen LogP contribution in [0.5, 0.6) is 0 Å². The molecule has 1 N–H and O–H groups in total. The summed E-state index contributed by atoms with van der Waals surface area (Å²) in [6.07, 6.45) is 7.79. The van der Waals surface area contributed by atoms with E-state index in [1.54, 1.807) is 0 Å². The van der Waals surface area contributed by atoms with Crippen LogP contribution in [0.3, 0.4) is 0 Å². The number of hydrogen-bond donors (Lipinski definition) is 1. The highest BCUT2D eigenvalue weighted by Gasteiger charge is 2.21. The van der Waals surface area contributed by atoms with Crippen LogP contribution in [-0.2, 0) is 0 Å². The number of rotatable bonds is 5. The van der Waals surface area contributed by atoms with Crippen molar-refractivity contribution in [1.82, 2.24) is 15.3 Å². The first-order valence-corrected chi connectivity index (χ1v) is 7.42. The highest BCUT2D eigenvalue weighted by atomic mass is 15.2. The van der Waals surface area contributed by atoms with Crippen LogP contribution in [0.15, 0.2) is 12.4 Å². The van der Waals surface area contributed by atoms with Gasteiger partial charge in [0.15, 0.2) is 0 Å². The molecule has 1 aromatic rings. The minimum absolute atomic E-state index is 0.499. The fraction of sp³-hybridized carbons (Fsp3) is 0.733. The molecule has 4 heteroatoms. The van der Waals surface area contributed by atoms with Gasteiger partial charge in [-0.2, -0.15) is 0 Å². The molecular weight excluding hydrogens is 236 g/mol. The van der Waals surface area contributed by atoms with E-state index in [4.69, 9.17) is 0 Å². The van der Waals surface area contributed by atoms with E-state index < -0.39 is 0 Å². The van der Waals surface area contributed by atoms with Gasteiger partial charge in [0.2, 0.25) is 5.95 Å². The van der Waals surface area contributed by atoms with Crippen molar-refractivity contribution in [2.45, 2.75) is 39.0 Å². The predicted octanol–water partition coefficient (Wildman–Crippen LogP) is 2.43. The van der Waals surface area contributed by atoms with Crippen LogP contribution in [0.1, 0.15) is 44.6 Å². The summed E-state index contributed by atoms with van der Waals surface area (Å²) in [5, 5.41) is 3.24. The van der Waals surface area contributed by atoms with Crippen LogP contribution in [0.4, 0.5) is 5.95 Å². The zero-order valence-corrected chi connectivity index (χ0v) is 12.4. The van der Waals surface area contributed by atoms with Gasteiger partial charge in [0, 0.05) is 25.5 Å². The van der Waals surface area contributed by atoms with E-state index >= 15 is 0 Å². The normalized spacial score (nSPS) is 20.0. The first-order valence-electron chi connectivity index (χ1n) is 7.42. The maximum Gasteiger partial charge on any atom is 0.225 e. The second kappa shape index (κ2) is 6.85. The van der Waals surface area contributed by atoms with E-state index in [1.807, 2.05) is 19.4 Å². The third-order valence-electron chi connectivity index (χ3n) is 3.93. The van der Waals surface area contributed by atoms with Crippen LogP contribution in [-0.4, -0.2) is 36.6 Å². The lowest BCUT2D eigenvalue weighted by Crippen LogP contribution is -2.37. The molecule has 2 heterocycles. The summed E-state index contributed by atoms with van der Waals surface area (Å²) < 4.78 is 0. The van der Waals surface area contributed by atoms with Crippen molar-refractivity contribution in [3.8, 4) is 0 Å². The Labute approximate surface area is 116 Å². The van der Waals surface area contributed by atoms with Crippen LogP contribution in [0.2, 0.25) is 0 Å². The van der Waals surface area contributed by atoms with E-state index in [9.17, 15) is 0 Å². The molecule has 0 aliphatic carbocycles. The summed E-state index contributed by atoms with van der Waals surface area (Å²) in [4.78, 5) is 11.4. The van der Waals surface area contributed by atoms with Gasteiger partial charge in [-0.15, -0.1) is 0 Å². The van der Waals surface area contributed by atoms with Gasteiger partial charge in [0.1, 0.15) is 0 Å². The van der Waals surface area contributed by atoms with Crippen molar-refractivity contribution >= 4 is 5.95 Å². The van der Waals surface area contributed by atoms with Crippen molar-refractivity contribution < 1.29 is 0 Å². The third kappa shape index (κ3) is 3.90. The standard InChI is InChI=1S/C15H26N4/c1-12(2)14-9-17-15(18-10-14)19-8-4-5-13(11-19)6-7-16-3/h9-10,12-13,16H,4-8,11H2,1-3H3. The summed E-state index contributed by atoms with van der Waals surface area (Å²) in [5.74, 6) is 2.17. The number of piperidine rings is 1. The fourth-order valence-electron chi connectivity index (χ4n) is 2.62. The predicted molar refractivity (Wildman–Crippen MR) is 79.6 cm³/mol. The summed E-state index contributed by atoms with van der Waals surface area (Å²) >= 11 is 0. The Balaban J connectivity index is 1.96. The van der Waals surface area contributed by atoms with Gasteiger partial charge in [-0.3, -0.25) is 0 Å². The maximum atomic E-state index is 4.54. The van der Waals surface area contributed by atoms with E-state index in [2.05, 4.69) is 34.0 Å². The highest BCUT2D eigenvalue weighted by molar-refractivity contribution is 5.31. The Hall–Kier alpha value is -1.16. The van der Waals surface area contributed by atoms with E-state index in [1.165, 1.54) is 24.8 Å². The van der Waals surface area contributed by atoms with E-state index in [0.29, 0.717) is 5.92 Å². The second-order valence-electron chi connectivity index (χ2n) is 5.82. The highest BCUT2D eigenvalue weighted by Crippen LogP contribution is 2.23. The summed E-state index contributed by atoms with van der Waals surface area (Å²) in [6, 6.07) is 0. The molecule has 0 spiro atoms. The lowest BCUT2D eigenvalue weighted by Gasteiger charge is -2.32. The molecule has 0 aromatic carbocycles. The van der Waals surface area contributed by atoms with Crippen LogP contribution in [0, 0.1) is 5.92 Å². The van der Waals surface area contributed by atoms with Crippen molar-refractivity contribution in [3.63, 3.8) is 0 Å². The van der Waals surface area contributed by atoms with Crippen molar-refractivity contribution in [2.75, 3.05) is 31.6 Å². The van der Waals surface area contributed by atoms with Crippen LogP contribution in [0.25, 0.3) is 0 Å². The van der Waals surface area contributed by atoms with Crippen LogP contribution < -0.4 is 10.2 Å².